The Morgan fingerprint density at radius 3 is 2.19 bits per heavy atom. The van der Waals surface area contributed by atoms with Crippen LogP contribution in [-0.2, 0) is 14.4 Å². The summed E-state index contributed by atoms with van der Waals surface area (Å²) in [5.74, 6) is -1.79. The molecule has 16 heavy (non-hydrogen) atoms. The summed E-state index contributed by atoms with van der Waals surface area (Å²) in [5, 5.41) is 15.5. The van der Waals surface area contributed by atoms with Gasteiger partial charge in [-0.1, -0.05) is 0 Å². The van der Waals surface area contributed by atoms with E-state index in [1.807, 2.05) is 0 Å². The van der Waals surface area contributed by atoms with Gasteiger partial charge < -0.3 is 20.5 Å². The first kappa shape index (κ1) is 14.4. The van der Waals surface area contributed by atoms with Crippen LogP contribution in [-0.4, -0.2) is 30.4 Å². The lowest BCUT2D eigenvalue weighted by molar-refractivity contribution is -0.308. The lowest BCUT2D eigenvalue weighted by atomic mass is 10.1. The van der Waals surface area contributed by atoms with E-state index in [2.05, 4.69) is 10.6 Å². The number of aliphatic carboxylic acids is 1. The van der Waals surface area contributed by atoms with Gasteiger partial charge in [0.1, 0.15) is 0 Å². The Hall–Kier alpha value is -1.59. The molecule has 0 unspecified atom stereocenters. The van der Waals surface area contributed by atoms with Crippen LogP contribution in [0.15, 0.2) is 0 Å². The van der Waals surface area contributed by atoms with Crippen LogP contribution in [0.1, 0.15) is 33.1 Å². The predicted molar refractivity (Wildman–Crippen MR) is 55.1 cm³/mol. The first-order valence-corrected chi connectivity index (χ1v) is 5.16. The molecule has 0 rings (SSSR count). The molecule has 0 saturated carbocycles. The summed E-state index contributed by atoms with van der Waals surface area (Å²) in [4.78, 5) is 31.8. The van der Waals surface area contributed by atoms with Gasteiger partial charge in [-0.2, -0.15) is 0 Å². The number of hydrogen-bond acceptors (Lipinski definition) is 4. The zero-order valence-corrected chi connectivity index (χ0v) is 9.54. The molecule has 0 radical (unpaired) electrons. The van der Waals surface area contributed by atoms with E-state index in [9.17, 15) is 19.5 Å². The molecular weight excluding hydrogens is 212 g/mol. The predicted octanol–water partition coefficient (Wildman–Crippen LogP) is -1.45. The van der Waals surface area contributed by atoms with Crippen molar-refractivity contribution in [2.24, 2.45) is 0 Å². The molecule has 0 fully saturated rings. The summed E-state index contributed by atoms with van der Waals surface area (Å²) >= 11 is 0. The summed E-state index contributed by atoms with van der Waals surface area (Å²) in [6, 6.07) is -0.949. The topological polar surface area (TPSA) is 98.3 Å². The molecule has 0 spiro atoms. The van der Waals surface area contributed by atoms with Gasteiger partial charge in [-0.05, 0) is 19.3 Å². The number of carboxylic acids is 1. The van der Waals surface area contributed by atoms with Crippen molar-refractivity contribution in [1.29, 1.82) is 0 Å². The van der Waals surface area contributed by atoms with Crippen molar-refractivity contribution < 1.29 is 19.5 Å². The summed E-state index contributed by atoms with van der Waals surface area (Å²) < 4.78 is 0. The van der Waals surface area contributed by atoms with Gasteiger partial charge in [-0.15, -0.1) is 0 Å². The first-order chi connectivity index (χ1) is 7.43. The fourth-order valence-corrected chi connectivity index (χ4v) is 1.23. The molecule has 92 valence electrons. The Kier molecular flexibility index (Phi) is 6.91. The van der Waals surface area contributed by atoms with E-state index in [0.717, 1.165) is 0 Å². The van der Waals surface area contributed by atoms with E-state index in [1.54, 1.807) is 0 Å². The quantitative estimate of drug-likeness (QED) is 0.522. The molecule has 2 amide bonds. The van der Waals surface area contributed by atoms with Gasteiger partial charge in [0.15, 0.2) is 0 Å². The van der Waals surface area contributed by atoms with Gasteiger partial charge in [0.05, 0.1) is 12.0 Å². The summed E-state index contributed by atoms with van der Waals surface area (Å²) in [6.45, 7) is 3.18. The number of hydrogen-bond donors (Lipinski definition) is 2. The second kappa shape index (κ2) is 7.67. The third kappa shape index (κ3) is 7.78. The number of carboxylic acid groups (broad SMARTS) is 1. The molecule has 0 heterocycles. The van der Waals surface area contributed by atoms with Crippen LogP contribution in [0.3, 0.4) is 0 Å². The average Bonchev–Trinajstić information content (AvgIpc) is 2.14. The highest BCUT2D eigenvalue weighted by atomic mass is 16.4. The van der Waals surface area contributed by atoms with E-state index < -0.39 is 17.9 Å². The SMILES string of the molecule is CC(=O)NCCCC[C@H](NC(C)=O)C(=O)[O-]. The Labute approximate surface area is 94.4 Å². The van der Waals surface area contributed by atoms with Crippen LogP contribution in [0.25, 0.3) is 0 Å². The Bertz CT molecular complexity index is 266. The Morgan fingerprint density at radius 2 is 1.75 bits per heavy atom. The molecule has 0 aliphatic rings. The fraction of sp³-hybridized carbons (Fsp3) is 0.700. The van der Waals surface area contributed by atoms with Crippen LogP contribution in [0.2, 0.25) is 0 Å². The molecule has 2 N–H and O–H groups in total. The van der Waals surface area contributed by atoms with Crippen LogP contribution >= 0.6 is 0 Å². The number of carbonyl (C=O) groups excluding carboxylic acids is 3. The molecule has 0 aromatic rings. The van der Waals surface area contributed by atoms with Crippen molar-refractivity contribution >= 4 is 17.8 Å². The van der Waals surface area contributed by atoms with E-state index in [-0.39, 0.29) is 5.91 Å². The van der Waals surface area contributed by atoms with Gasteiger partial charge >= 0.3 is 0 Å². The van der Waals surface area contributed by atoms with Crippen molar-refractivity contribution in [3.05, 3.63) is 0 Å². The van der Waals surface area contributed by atoms with Crippen molar-refractivity contribution in [2.75, 3.05) is 6.54 Å². The minimum absolute atomic E-state index is 0.113. The monoisotopic (exact) mass is 229 g/mol. The largest absolute Gasteiger partial charge is 0.548 e. The van der Waals surface area contributed by atoms with Gasteiger partial charge in [-0.25, -0.2) is 0 Å². The normalized spacial score (nSPS) is 11.6. The van der Waals surface area contributed by atoms with Gasteiger partial charge in [0.25, 0.3) is 0 Å². The number of nitrogens with one attached hydrogen (secondary N) is 2. The molecule has 0 aromatic carbocycles. The minimum Gasteiger partial charge on any atom is -0.548 e. The molecule has 0 aliphatic carbocycles. The van der Waals surface area contributed by atoms with Crippen LogP contribution in [0, 0.1) is 0 Å². The van der Waals surface area contributed by atoms with Crippen molar-refractivity contribution in [3.63, 3.8) is 0 Å². The van der Waals surface area contributed by atoms with Crippen LogP contribution < -0.4 is 15.7 Å². The third-order valence-electron chi connectivity index (χ3n) is 1.96. The van der Waals surface area contributed by atoms with Crippen LogP contribution in [0.5, 0.6) is 0 Å². The van der Waals surface area contributed by atoms with Crippen LogP contribution in [0.4, 0.5) is 0 Å². The Morgan fingerprint density at radius 1 is 1.12 bits per heavy atom. The summed E-state index contributed by atoms with van der Waals surface area (Å²) in [6.07, 6.45) is 1.57. The lowest BCUT2D eigenvalue weighted by Gasteiger charge is -2.18. The smallest absolute Gasteiger partial charge is 0.217 e. The maximum atomic E-state index is 10.7. The maximum absolute atomic E-state index is 10.7. The highest BCUT2D eigenvalue weighted by Gasteiger charge is 2.10. The first-order valence-electron chi connectivity index (χ1n) is 5.16. The third-order valence-corrected chi connectivity index (χ3v) is 1.96. The second-order valence-electron chi connectivity index (χ2n) is 3.55. The maximum Gasteiger partial charge on any atom is 0.217 e. The van der Waals surface area contributed by atoms with Crippen molar-refractivity contribution in [1.82, 2.24) is 10.6 Å². The summed E-state index contributed by atoms with van der Waals surface area (Å²) in [7, 11) is 0. The second-order valence-corrected chi connectivity index (χ2v) is 3.55. The highest BCUT2D eigenvalue weighted by Crippen LogP contribution is 2.00. The molecule has 0 aromatic heterocycles. The number of rotatable bonds is 7. The van der Waals surface area contributed by atoms with E-state index in [0.29, 0.717) is 25.8 Å². The van der Waals surface area contributed by atoms with Crippen molar-refractivity contribution in [2.45, 2.75) is 39.2 Å². The number of amides is 2. The zero-order chi connectivity index (χ0) is 12.6. The van der Waals surface area contributed by atoms with Gasteiger partial charge in [0, 0.05) is 20.4 Å². The molecular formula is C10H17N2O4-. The summed E-state index contributed by atoms with van der Waals surface area (Å²) in [5.41, 5.74) is 0. The highest BCUT2D eigenvalue weighted by molar-refractivity contribution is 5.80. The van der Waals surface area contributed by atoms with E-state index in [4.69, 9.17) is 0 Å². The zero-order valence-electron chi connectivity index (χ0n) is 9.54. The lowest BCUT2D eigenvalue weighted by Crippen LogP contribution is -2.47. The minimum atomic E-state index is -1.28. The van der Waals surface area contributed by atoms with E-state index >= 15 is 0 Å². The van der Waals surface area contributed by atoms with Gasteiger partial charge in [0.2, 0.25) is 11.8 Å². The number of carbonyl (C=O) groups is 3. The van der Waals surface area contributed by atoms with E-state index in [1.165, 1.54) is 13.8 Å². The van der Waals surface area contributed by atoms with Crippen molar-refractivity contribution in [3.8, 4) is 0 Å². The molecule has 1 atom stereocenters. The number of unbranched alkanes of at least 4 members (excludes halogenated alkanes) is 1. The Balaban J connectivity index is 3.72. The molecule has 6 heteroatoms. The standard InChI is InChI=1S/C10H18N2O4/c1-7(13)11-6-4-3-5-9(10(15)16)12-8(2)14/h9H,3-6H2,1-2H3,(H,11,13)(H,12,14)(H,15,16)/p-1/t9-/m0/s1. The average molecular weight is 229 g/mol. The molecule has 0 bridgehead atoms. The fourth-order valence-electron chi connectivity index (χ4n) is 1.23. The molecule has 0 saturated heterocycles. The molecule has 6 nitrogen and oxygen atoms in total. The van der Waals surface area contributed by atoms with Gasteiger partial charge in [-0.3, -0.25) is 9.59 Å². The molecule has 0 aliphatic heterocycles.